The molecule has 0 fully saturated rings. The highest BCUT2D eigenvalue weighted by Crippen LogP contribution is 1.92. The van der Waals surface area contributed by atoms with Gasteiger partial charge in [0.05, 0.1) is 19.3 Å². The summed E-state index contributed by atoms with van der Waals surface area (Å²) in [7, 11) is 0. The third-order valence-electron chi connectivity index (χ3n) is 0.666. The Bertz CT molecular complexity index is 102. The maximum atomic E-state index is 8.14. The Labute approximate surface area is 59.3 Å². The molecule has 0 aromatic heterocycles. The molecule has 0 radical (unpaired) electrons. The van der Waals surface area contributed by atoms with Crippen molar-refractivity contribution in [3.8, 4) is 6.07 Å². The van der Waals surface area contributed by atoms with Crippen LogP contribution < -0.4 is 5.73 Å². The van der Waals surface area contributed by atoms with E-state index in [0.29, 0.717) is 13.2 Å². The quantitative estimate of drug-likeness (QED) is 0.454. The SMILES string of the molecule is N#CC(Cl)COCCN. The molecule has 4 heteroatoms. The molecule has 0 aliphatic heterocycles. The highest BCUT2D eigenvalue weighted by Gasteiger charge is 1.99. The molecule has 2 N–H and O–H groups in total. The Morgan fingerprint density at radius 3 is 2.89 bits per heavy atom. The second kappa shape index (κ2) is 5.83. The Morgan fingerprint density at radius 1 is 1.78 bits per heavy atom. The predicted molar refractivity (Wildman–Crippen MR) is 35.1 cm³/mol. The molecule has 0 aromatic carbocycles. The molecule has 3 nitrogen and oxygen atoms in total. The fourth-order valence-corrected chi connectivity index (χ4v) is 0.396. The summed E-state index contributed by atoms with van der Waals surface area (Å²) in [5.41, 5.74) is 5.11. The second-order valence-corrected chi connectivity index (χ2v) is 1.99. The Hall–Kier alpha value is -0.300. The smallest absolute Gasteiger partial charge is 0.143 e. The number of nitriles is 1. The summed E-state index contributed by atoms with van der Waals surface area (Å²) in [5.74, 6) is 0. The molecule has 0 amide bonds. The van der Waals surface area contributed by atoms with Gasteiger partial charge < -0.3 is 10.5 Å². The fourth-order valence-electron chi connectivity index (χ4n) is 0.307. The molecule has 0 aliphatic rings. The van der Waals surface area contributed by atoms with Crippen LogP contribution in [-0.2, 0) is 4.74 Å². The minimum Gasteiger partial charge on any atom is -0.378 e. The summed E-state index contributed by atoms with van der Waals surface area (Å²) in [4.78, 5) is 0. The van der Waals surface area contributed by atoms with Crippen molar-refractivity contribution in [2.24, 2.45) is 5.73 Å². The van der Waals surface area contributed by atoms with Gasteiger partial charge in [-0.1, -0.05) is 0 Å². The number of alkyl halides is 1. The Kier molecular flexibility index (Phi) is 5.64. The third kappa shape index (κ3) is 5.57. The minimum atomic E-state index is -0.545. The maximum absolute atomic E-state index is 8.14. The first-order valence-corrected chi connectivity index (χ1v) is 3.06. The summed E-state index contributed by atoms with van der Waals surface area (Å²) < 4.78 is 4.86. The molecule has 1 unspecified atom stereocenters. The van der Waals surface area contributed by atoms with E-state index in [4.69, 9.17) is 27.3 Å². The van der Waals surface area contributed by atoms with Crippen molar-refractivity contribution in [2.45, 2.75) is 5.38 Å². The van der Waals surface area contributed by atoms with Gasteiger partial charge in [-0.3, -0.25) is 0 Å². The van der Waals surface area contributed by atoms with Gasteiger partial charge in [-0.15, -0.1) is 11.6 Å². The zero-order valence-corrected chi connectivity index (χ0v) is 5.77. The predicted octanol–water partition coefficient (Wildman–Crippen LogP) is 0.0927. The van der Waals surface area contributed by atoms with Crippen LogP contribution in [0.25, 0.3) is 0 Å². The molecule has 1 atom stereocenters. The van der Waals surface area contributed by atoms with Gasteiger partial charge in [0.25, 0.3) is 0 Å². The molecule has 0 bridgehead atoms. The van der Waals surface area contributed by atoms with Gasteiger partial charge in [0.2, 0.25) is 0 Å². The van der Waals surface area contributed by atoms with Crippen LogP contribution in [-0.4, -0.2) is 25.1 Å². The van der Waals surface area contributed by atoms with E-state index in [-0.39, 0.29) is 6.61 Å². The fraction of sp³-hybridized carbons (Fsp3) is 0.800. The molecule has 52 valence electrons. The molecule has 9 heavy (non-hydrogen) atoms. The molecule has 0 aromatic rings. The first kappa shape index (κ1) is 8.70. The largest absolute Gasteiger partial charge is 0.378 e. The number of hydrogen-bond donors (Lipinski definition) is 1. The molecule has 0 spiro atoms. The van der Waals surface area contributed by atoms with Gasteiger partial charge in [-0.05, 0) is 0 Å². The van der Waals surface area contributed by atoms with E-state index in [1.54, 1.807) is 0 Å². The zero-order valence-electron chi connectivity index (χ0n) is 5.01. The summed E-state index contributed by atoms with van der Waals surface area (Å²) >= 11 is 5.37. The lowest BCUT2D eigenvalue weighted by Gasteiger charge is -1.99. The standard InChI is InChI=1S/C5H9ClN2O/c6-5(3-8)4-9-2-1-7/h5H,1-2,4,7H2. The van der Waals surface area contributed by atoms with Gasteiger partial charge in [-0.25, -0.2) is 0 Å². The van der Waals surface area contributed by atoms with E-state index >= 15 is 0 Å². The molecular weight excluding hydrogens is 140 g/mol. The highest BCUT2D eigenvalue weighted by molar-refractivity contribution is 6.22. The summed E-state index contributed by atoms with van der Waals surface area (Å²) in [6.45, 7) is 1.19. The molecule has 0 rings (SSSR count). The Morgan fingerprint density at radius 2 is 2.44 bits per heavy atom. The lowest BCUT2D eigenvalue weighted by Crippen LogP contribution is -2.13. The van der Waals surface area contributed by atoms with Crippen molar-refractivity contribution in [1.82, 2.24) is 0 Å². The lowest BCUT2D eigenvalue weighted by molar-refractivity contribution is 0.149. The molecule has 0 saturated heterocycles. The van der Waals surface area contributed by atoms with Gasteiger partial charge in [0, 0.05) is 6.54 Å². The van der Waals surface area contributed by atoms with Crippen LogP contribution in [0.4, 0.5) is 0 Å². The average Bonchev–Trinajstić information content (AvgIpc) is 1.89. The zero-order chi connectivity index (χ0) is 7.11. The van der Waals surface area contributed by atoms with Crippen molar-refractivity contribution in [2.75, 3.05) is 19.8 Å². The Balaban J connectivity index is 2.99. The van der Waals surface area contributed by atoms with Crippen LogP contribution in [0.1, 0.15) is 0 Å². The topological polar surface area (TPSA) is 59.0 Å². The third-order valence-corrected chi connectivity index (χ3v) is 0.890. The molecular formula is C5H9ClN2O. The van der Waals surface area contributed by atoms with Crippen LogP contribution >= 0.6 is 11.6 Å². The van der Waals surface area contributed by atoms with Crippen molar-refractivity contribution in [3.05, 3.63) is 0 Å². The van der Waals surface area contributed by atoms with E-state index in [9.17, 15) is 0 Å². The van der Waals surface area contributed by atoms with Crippen LogP contribution in [0.2, 0.25) is 0 Å². The number of rotatable bonds is 4. The first-order chi connectivity index (χ1) is 4.31. The van der Waals surface area contributed by atoms with Crippen molar-refractivity contribution < 1.29 is 4.74 Å². The molecule has 0 saturated carbocycles. The van der Waals surface area contributed by atoms with Crippen LogP contribution in [0.5, 0.6) is 0 Å². The minimum absolute atomic E-state index is 0.259. The van der Waals surface area contributed by atoms with Gasteiger partial charge >= 0.3 is 0 Å². The summed E-state index contributed by atoms with van der Waals surface area (Å²) in [6, 6.07) is 1.82. The van der Waals surface area contributed by atoms with Crippen LogP contribution in [0.15, 0.2) is 0 Å². The summed E-state index contributed by atoms with van der Waals surface area (Å²) in [6.07, 6.45) is 0. The van der Waals surface area contributed by atoms with E-state index in [1.165, 1.54) is 0 Å². The van der Waals surface area contributed by atoms with Gasteiger partial charge in [-0.2, -0.15) is 5.26 Å². The second-order valence-electron chi connectivity index (χ2n) is 1.46. The van der Waals surface area contributed by atoms with Crippen molar-refractivity contribution >= 4 is 11.6 Å². The number of nitrogens with two attached hydrogens (primary N) is 1. The summed E-state index contributed by atoms with van der Waals surface area (Å²) in [5, 5.41) is 7.60. The lowest BCUT2D eigenvalue weighted by atomic mass is 10.5. The van der Waals surface area contributed by atoms with Crippen LogP contribution in [0.3, 0.4) is 0 Å². The maximum Gasteiger partial charge on any atom is 0.143 e. The average molecular weight is 149 g/mol. The first-order valence-electron chi connectivity index (χ1n) is 2.62. The molecule has 0 heterocycles. The number of hydrogen-bond acceptors (Lipinski definition) is 3. The van der Waals surface area contributed by atoms with Crippen molar-refractivity contribution in [3.63, 3.8) is 0 Å². The van der Waals surface area contributed by atoms with E-state index in [0.717, 1.165) is 0 Å². The number of ether oxygens (including phenoxy) is 1. The highest BCUT2D eigenvalue weighted by atomic mass is 35.5. The number of halogens is 1. The van der Waals surface area contributed by atoms with Crippen LogP contribution in [0, 0.1) is 11.3 Å². The van der Waals surface area contributed by atoms with E-state index in [1.807, 2.05) is 6.07 Å². The monoisotopic (exact) mass is 148 g/mol. The number of nitrogens with zero attached hydrogens (tertiary/aromatic N) is 1. The normalized spacial score (nSPS) is 12.6. The van der Waals surface area contributed by atoms with E-state index in [2.05, 4.69) is 0 Å². The van der Waals surface area contributed by atoms with Gasteiger partial charge in [0.1, 0.15) is 5.38 Å². The van der Waals surface area contributed by atoms with Crippen molar-refractivity contribution in [1.29, 1.82) is 5.26 Å². The van der Waals surface area contributed by atoms with E-state index < -0.39 is 5.38 Å². The van der Waals surface area contributed by atoms with Gasteiger partial charge in [0.15, 0.2) is 0 Å². The molecule has 0 aliphatic carbocycles.